The van der Waals surface area contributed by atoms with Gasteiger partial charge in [-0.1, -0.05) is 11.4 Å². The molecule has 0 bridgehead atoms. The first kappa shape index (κ1) is 28.5. The zero-order valence-electron chi connectivity index (χ0n) is 19.7. The van der Waals surface area contributed by atoms with Crippen molar-refractivity contribution in [3.05, 3.63) is 54.3 Å². The van der Waals surface area contributed by atoms with E-state index in [2.05, 4.69) is 15.6 Å². The van der Waals surface area contributed by atoms with E-state index in [4.69, 9.17) is 15.7 Å². The van der Waals surface area contributed by atoms with Crippen molar-refractivity contribution in [3.8, 4) is 17.7 Å². The van der Waals surface area contributed by atoms with Crippen molar-refractivity contribution < 1.29 is 27.5 Å². The Morgan fingerprint density at radius 1 is 1.19 bits per heavy atom. The lowest BCUT2D eigenvalue weighted by Gasteiger charge is -2.23. The lowest BCUT2D eigenvalue weighted by Crippen LogP contribution is -2.46. The first-order chi connectivity index (χ1) is 17.2. The highest BCUT2D eigenvalue weighted by Gasteiger charge is 2.33. The average molecular weight is 521 g/mol. The SMILES string of the molecule is CCCN=C(NC#N)NCCCC[C@H](C(N)=O)N(O)S(=O)(=O)c1ccc(Oc2ccc(F)cc2)cc1. The fourth-order valence-electron chi connectivity index (χ4n) is 3.04. The second-order valence-electron chi connectivity index (χ2n) is 7.61. The Labute approximate surface area is 209 Å². The molecule has 0 aliphatic heterocycles. The maximum atomic E-state index is 13.0. The molecule has 0 heterocycles. The van der Waals surface area contributed by atoms with E-state index < -0.39 is 27.8 Å². The summed E-state index contributed by atoms with van der Waals surface area (Å²) in [5.41, 5.74) is 5.36. The number of primary amides is 1. The lowest BCUT2D eigenvalue weighted by molar-refractivity contribution is -0.131. The van der Waals surface area contributed by atoms with Gasteiger partial charge < -0.3 is 15.8 Å². The van der Waals surface area contributed by atoms with Gasteiger partial charge in [0, 0.05) is 13.1 Å². The maximum absolute atomic E-state index is 13.0. The van der Waals surface area contributed by atoms with Gasteiger partial charge in [0.15, 0.2) is 6.19 Å². The molecule has 0 saturated heterocycles. The molecule has 194 valence electrons. The van der Waals surface area contributed by atoms with Crippen molar-refractivity contribution in [3.63, 3.8) is 0 Å². The minimum Gasteiger partial charge on any atom is -0.457 e. The Hall–Kier alpha value is -3.73. The van der Waals surface area contributed by atoms with Gasteiger partial charge in [-0.3, -0.25) is 20.3 Å². The number of amides is 1. The molecule has 0 spiro atoms. The zero-order chi connectivity index (χ0) is 26.6. The van der Waals surface area contributed by atoms with Crippen molar-refractivity contribution in [1.82, 2.24) is 15.1 Å². The van der Waals surface area contributed by atoms with Crippen molar-refractivity contribution in [1.29, 1.82) is 5.26 Å². The molecule has 5 N–H and O–H groups in total. The summed E-state index contributed by atoms with van der Waals surface area (Å²) in [5, 5.41) is 24.5. The normalized spacial score (nSPS) is 12.6. The van der Waals surface area contributed by atoms with Gasteiger partial charge in [-0.25, -0.2) is 12.8 Å². The molecule has 2 rings (SSSR count). The van der Waals surface area contributed by atoms with Crippen molar-refractivity contribution in [2.45, 2.75) is 43.5 Å². The predicted octanol–water partition coefficient (Wildman–Crippen LogP) is 2.45. The van der Waals surface area contributed by atoms with Crippen molar-refractivity contribution >= 4 is 21.9 Å². The second-order valence-corrected chi connectivity index (χ2v) is 9.41. The van der Waals surface area contributed by atoms with E-state index in [-0.39, 0.29) is 21.5 Å². The van der Waals surface area contributed by atoms with Crippen LogP contribution in [0, 0.1) is 17.3 Å². The Kier molecular flexibility index (Phi) is 11.1. The first-order valence-electron chi connectivity index (χ1n) is 11.2. The van der Waals surface area contributed by atoms with E-state index in [1.807, 2.05) is 6.92 Å². The maximum Gasteiger partial charge on any atom is 0.265 e. The first-order valence-corrected chi connectivity index (χ1v) is 12.6. The molecule has 1 atom stereocenters. The summed E-state index contributed by atoms with van der Waals surface area (Å²) in [5.74, 6) is -0.456. The van der Waals surface area contributed by atoms with Gasteiger partial charge in [-0.05, 0) is 74.2 Å². The summed E-state index contributed by atoms with van der Waals surface area (Å²) < 4.78 is 44.2. The van der Waals surface area contributed by atoms with Gasteiger partial charge >= 0.3 is 0 Å². The molecular weight excluding hydrogens is 491 g/mol. The van der Waals surface area contributed by atoms with Gasteiger partial charge in [-0.15, -0.1) is 0 Å². The van der Waals surface area contributed by atoms with Gasteiger partial charge in [0.2, 0.25) is 11.9 Å². The van der Waals surface area contributed by atoms with E-state index in [1.54, 1.807) is 6.19 Å². The smallest absolute Gasteiger partial charge is 0.265 e. The Balaban J connectivity index is 1.97. The number of hydroxylamine groups is 1. The van der Waals surface area contributed by atoms with E-state index in [0.717, 1.165) is 6.42 Å². The second kappa shape index (κ2) is 14.0. The van der Waals surface area contributed by atoms with Crippen LogP contribution in [0.4, 0.5) is 4.39 Å². The van der Waals surface area contributed by atoms with Crippen molar-refractivity contribution in [2.75, 3.05) is 13.1 Å². The molecule has 0 aliphatic rings. The summed E-state index contributed by atoms with van der Waals surface area (Å²) in [4.78, 5) is 15.8. The number of rotatable bonds is 13. The van der Waals surface area contributed by atoms with Crippen LogP contribution in [-0.4, -0.2) is 49.1 Å². The zero-order valence-corrected chi connectivity index (χ0v) is 20.5. The molecule has 36 heavy (non-hydrogen) atoms. The van der Waals surface area contributed by atoms with E-state index >= 15 is 0 Å². The third-order valence-corrected chi connectivity index (χ3v) is 6.49. The molecule has 0 aliphatic carbocycles. The summed E-state index contributed by atoms with van der Waals surface area (Å²) in [6, 6.07) is 8.94. The molecule has 11 nitrogen and oxygen atoms in total. The lowest BCUT2D eigenvalue weighted by atomic mass is 10.1. The van der Waals surface area contributed by atoms with Gasteiger partial charge in [0.25, 0.3) is 10.0 Å². The van der Waals surface area contributed by atoms with Crippen LogP contribution in [0.15, 0.2) is 58.4 Å². The number of nitrogens with one attached hydrogen (secondary N) is 2. The number of nitriles is 1. The molecule has 0 unspecified atom stereocenters. The highest BCUT2D eigenvalue weighted by molar-refractivity contribution is 7.89. The quantitative estimate of drug-likeness (QED) is 0.0779. The molecule has 0 saturated carbocycles. The molecular formula is C23H29FN6O5S. The number of guanidine groups is 1. The predicted molar refractivity (Wildman–Crippen MR) is 130 cm³/mol. The van der Waals surface area contributed by atoms with Crippen LogP contribution in [0.1, 0.15) is 32.6 Å². The number of hydrogen-bond donors (Lipinski definition) is 4. The molecule has 1 amide bonds. The number of hydrogen-bond acceptors (Lipinski definition) is 7. The number of nitrogens with zero attached hydrogens (tertiary/aromatic N) is 3. The number of nitrogens with two attached hydrogens (primary N) is 1. The number of carbonyl (C=O) groups excluding carboxylic acids is 1. The summed E-state index contributed by atoms with van der Waals surface area (Å²) in [7, 11) is -4.45. The van der Waals surface area contributed by atoms with Crippen LogP contribution < -0.4 is 21.1 Å². The minimum atomic E-state index is -4.45. The number of benzene rings is 2. The third-order valence-electron chi connectivity index (χ3n) is 4.88. The van der Waals surface area contributed by atoms with Crippen LogP contribution in [0.2, 0.25) is 0 Å². The molecule has 2 aromatic rings. The van der Waals surface area contributed by atoms with E-state index in [0.29, 0.717) is 37.6 Å². The minimum absolute atomic E-state index is 0.0222. The molecule has 0 radical (unpaired) electrons. The number of sulfonamides is 1. The van der Waals surface area contributed by atoms with Crippen LogP contribution in [0.5, 0.6) is 11.5 Å². The summed E-state index contributed by atoms with van der Waals surface area (Å²) in [6.07, 6.45) is 3.41. The summed E-state index contributed by atoms with van der Waals surface area (Å²) >= 11 is 0. The Morgan fingerprint density at radius 2 is 1.81 bits per heavy atom. The summed E-state index contributed by atoms with van der Waals surface area (Å²) in [6.45, 7) is 2.89. The Morgan fingerprint density at radius 3 is 2.36 bits per heavy atom. The highest BCUT2D eigenvalue weighted by Crippen LogP contribution is 2.25. The average Bonchev–Trinajstić information content (AvgIpc) is 2.85. The van der Waals surface area contributed by atoms with Crippen LogP contribution >= 0.6 is 0 Å². The highest BCUT2D eigenvalue weighted by atomic mass is 32.2. The van der Waals surface area contributed by atoms with Crippen molar-refractivity contribution in [2.24, 2.45) is 10.7 Å². The monoisotopic (exact) mass is 520 g/mol. The third kappa shape index (κ3) is 8.49. The van der Waals surface area contributed by atoms with Crippen LogP contribution in [0.3, 0.4) is 0 Å². The number of halogens is 1. The van der Waals surface area contributed by atoms with Crippen LogP contribution in [0.25, 0.3) is 0 Å². The van der Waals surface area contributed by atoms with E-state index in [1.165, 1.54) is 48.5 Å². The standard InChI is InChI=1S/C23H29FN6O5S/c1-2-14-27-23(29-16-25)28-15-4-3-5-21(22(26)31)30(32)36(33,34)20-12-10-19(11-13-20)35-18-8-6-17(24)7-9-18/h6-13,21,32H,2-5,14-15H2,1H3,(H2,26,31)(H2,27,28,29)/t21-/m1/s1. The van der Waals surface area contributed by atoms with E-state index in [9.17, 15) is 22.8 Å². The number of ether oxygens (including phenoxy) is 1. The molecule has 13 heteroatoms. The van der Waals surface area contributed by atoms with Gasteiger partial charge in [0.1, 0.15) is 23.4 Å². The van der Waals surface area contributed by atoms with Gasteiger partial charge in [0.05, 0.1) is 4.90 Å². The number of aliphatic imine (C=N–C) groups is 1. The molecule has 0 aromatic heterocycles. The number of carbonyl (C=O) groups is 1. The van der Waals surface area contributed by atoms with Gasteiger partial charge in [-0.2, -0.15) is 5.26 Å². The molecule has 0 fully saturated rings. The fourth-order valence-corrected chi connectivity index (χ4v) is 4.28. The topological polar surface area (TPSA) is 170 Å². The van der Waals surface area contributed by atoms with Crippen LogP contribution in [-0.2, 0) is 14.8 Å². The Bertz CT molecular complexity index is 1170. The fraction of sp³-hybridized carbons (Fsp3) is 0.348. The molecule has 2 aromatic carbocycles. The largest absolute Gasteiger partial charge is 0.457 e. The number of unbranched alkanes of at least 4 members (excludes halogenated alkanes) is 1.